The highest BCUT2D eigenvalue weighted by atomic mass is 35.5. The number of nitrogens with one attached hydrogen (secondary N) is 2. The largest absolute Gasteiger partial charge is 0.322 e. The van der Waals surface area contributed by atoms with Gasteiger partial charge >= 0.3 is 0 Å². The van der Waals surface area contributed by atoms with Gasteiger partial charge in [0.05, 0.1) is 0 Å². The maximum absolute atomic E-state index is 12.5. The van der Waals surface area contributed by atoms with Gasteiger partial charge in [-0.15, -0.1) is 0 Å². The lowest BCUT2D eigenvalue weighted by molar-refractivity contribution is -0.120. The summed E-state index contributed by atoms with van der Waals surface area (Å²) in [6.45, 7) is 3.17. The van der Waals surface area contributed by atoms with Gasteiger partial charge in [-0.2, -0.15) is 0 Å². The number of carbonyl (C=O) groups is 2. The van der Waals surface area contributed by atoms with Crippen molar-refractivity contribution in [1.82, 2.24) is 5.32 Å². The molecule has 118 valence electrons. The van der Waals surface area contributed by atoms with Crippen LogP contribution in [0.2, 0.25) is 5.02 Å². The van der Waals surface area contributed by atoms with E-state index in [1.165, 1.54) is 6.92 Å². The van der Waals surface area contributed by atoms with Crippen molar-refractivity contribution in [3.63, 3.8) is 0 Å². The van der Waals surface area contributed by atoms with E-state index in [0.717, 1.165) is 11.1 Å². The minimum Gasteiger partial charge on any atom is -0.322 e. The number of halogens is 1. The number of hydrogen-bond acceptors (Lipinski definition) is 2. The van der Waals surface area contributed by atoms with Gasteiger partial charge in [0.25, 0.3) is 5.91 Å². The maximum Gasteiger partial charge on any atom is 0.272 e. The molecule has 0 spiro atoms. The number of amides is 2. The first kappa shape index (κ1) is 16.8. The molecule has 0 aliphatic rings. The molecule has 0 radical (unpaired) electrons. The zero-order valence-corrected chi connectivity index (χ0v) is 13.6. The lowest BCUT2D eigenvalue weighted by Gasteiger charge is -2.12. The first-order valence-corrected chi connectivity index (χ1v) is 7.46. The predicted octanol–water partition coefficient (Wildman–Crippen LogP) is 3.76. The van der Waals surface area contributed by atoms with Crippen LogP contribution in [0.3, 0.4) is 0 Å². The minimum atomic E-state index is -0.408. The van der Waals surface area contributed by atoms with E-state index in [0.29, 0.717) is 10.7 Å². The van der Waals surface area contributed by atoms with Gasteiger partial charge in [0.1, 0.15) is 5.70 Å². The van der Waals surface area contributed by atoms with Gasteiger partial charge in [0, 0.05) is 17.6 Å². The van der Waals surface area contributed by atoms with E-state index < -0.39 is 5.91 Å². The third-order valence-corrected chi connectivity index (χ3v) is 3.59. The molecule has 2 amide bonds. The first-order valence-electron chi connectivity index (χ1n) is 7.08. The molecule has 0 aliphatic carbocycles. The standard InChI is InChI=1S/C18H17ClN2O2/c1-12-15(19)9-6-10-16(12)21-18(23)17(20-13(2)22)11-14-7-4-3-5-8-14/h3-11H,1-2H3,(H,20,22)(H,21,23). The third-order valence-electron chi connectivity index (χ3n) is 3.18. The Morgan fingerprint density at radius 2 is 1.74 bits per heavy atom. The molecular formula is C18H17ClN2O2. The van der Waals surface area contributed by atoms with Crippen LogP contribution < -0.4 is 10.6 Å². The Morgan fingerprint density at radius 1 is 1.04 bits per heavy atom. The van der Waals surface area contributed by atoms with E-state index in [-0.39, 0.29) is 11.6 Å². The number of carbonyl (C=O) groups excluding carboxylic acids is 2. The van der Waals surface area contributed by atoms with E-state index in [1.807, 2.05) is 37.3 Å². The summed E-state index contributed by atoms with van der Waals surface area (Å²) < 4.78 is 0. The lowest BCUT2D eigenvalue weighted by Crippen LogP contribution is -2.29. The average molecular weight is 329 g/mol. The van der Waals surface area contributed by atoms with E-state index in [2.05, 4.69) is 10.6 Å². The topological polar surface area (TPSA) is 58.2 Å². The predicted molar refractivity (Wildman–Crippen MR) is 93.1 cm³/mol. The Kier molecular flexibility index (Phi) is 5.55. The SMILES string of the molecule is CC(=O)NC(=Cc1ccccc1)C(=O)Nc1cccc(Cl)c1C. The summed E-state index contributed by atoms with van der Waals surface area (Å²) in [5, 5.41) is 5.90. The van der Waals surface area contributed by atoms with Gasteiger partial charge in [-0.1, -0.05) is 48.0 Å². The summed E-state index contributed by atoms with van der Waals surface area (Å²) in [4.78, 5) is 23.8. The molecule has 0 unspecified atom stereocenters. The Labute approximate surface area is 140 Å². The zero-order chi connectivity index (χ0) is 16.8. The van der Waals surface area contributed by atoms with Crippen molar-refractivity contribution in [3.05, 3.63) is 70.4 Å². The van der Waals surface area contributed by atoms with Crippen LogP contribution >= 0.6 is 11.6 Å². The molecule has 0 bridgehead atoms. The fourth-order valence-electron chi connectivity index (χ4n) is 2.00. The molecule has 0 atom stereocenters. The third kappa shape index (κ3) is 4.69. The highest BCUT2D eigenvalue weighted by molar-refractivity contribution is 6.31. The van der Waals surface area contributed by atoms with Crippen LogP contribution in [0.5, 0.6) is 0 Å². The van der Waals surface area contributed by atoms with E-state index in [4.69, 9.17) is 11.6 Å². The second-order valence-corrected chi connectivity index (χ2v) is 5.42. The van der Waals surface area contributed by atoms with Crippen LogP contribution in [0.4, 0.5) is 5.69 Å². The summed E-state index contributed by atoms with van der Waals surface area (Å²) in [7, 11) is 0. The number of benzene rings is 2. The van der Waals surface area contributed by atoms with Crippen LogP contribution in [-0.4, -0.2) is 11.8 Å². The molecule has 2 aromatic carbocycles. The summed E-state index contributed by atoms with van der Waals surface area (Å²) in [6, 6.07) is 14.6. The average Bonchev–Trinajstić information content (AvgIpc) is 2.52. The van der Waals surface area contributed by atoms with Crippen molar-refractivity contribution < 1.29 is 9.59 Å². The molecule has 0 saturated heterocycles. The highest BCUT2D eigenvalue weighted by Gasteiger charge is 2.13. The molecule has 0 fully saturated rings. The molecule has 2 rings (SSSR count). The van der Waals surface area contributed by atoms with E-state index in [1.54, 1.807) is 24.3 Å². The van der Waals surface area contributed by atoms with Crippen LogP contribution in [-0.2, 0) is 9.59 Å². The quantitative estimate of drug-likeness (QED) is 0.839. The van der Waals surface area contributed by atoms with Gasteiger partial charge in [0.2, 0.25) is 5.91 Å². The van der Waals surface area contributed by atoms with Crippen LogP contribution in [0.15, 0.2) is 54.2 Å². The Bertz CT molecular complexity index is 755. The summed E-state index contributed by atoms with van der Waals surface area (Å²) in [5.41, 5.74) is 2.36. The van der Waals surface area contributed by atoms with Crippen molar-refractivity contribution in [2.45, 2.75) is 13.8 Å². The van der Waals surface area contributed by atoms with Crippen molar-refractivity contribution in [2.75, 3.05) is 5.32 Å². The normalized spacial score (nSPS) is 11.0. The molecule has 2 aromatic rings. The molecule has 0 heterocycles. The van der Waals surface area contributed by atoms with Gasteiger partial charge in [-0.25, -0.2) is 0 Å². The molecule has 5 heteroatoms. The molecule has 23 heavy (non-hydrogen) atoms. The molecule has 4 nitrogen and oxygen atoms in total. The zero-order valence-electron chi connectivity index (χ0n) is 12.9. The van der Waals surface area contributed by atoms with Crippen LogP contribution in [0.1, 0.15) is 18.1 Å². The van der Waals surface area contributed by atoms with Crippen molar-refractivity contribution in [1.29, 1.82) is 0 Å². The Hall–Kier alpha value is -2.59. The molecule has 0 aromatic heterocycles. The Balaban J connectivity index is 2.28. The van der Waals surface area contributed by atoms with Crippen molar-refractivity contribution in [2.24, 2.45) is 0 Å². The second kappa shape index (κ2) is 7.61. The minimum absolute atomic E-state index is 0.170. The highest BCUT2D eigenvalue weighted by Crippen LogP contribution is 2.23. The smallest absolute Gasteiger partial charge is 0.272 e. The number of anilines is 1. The molecule has 2 N–H and O–H groups in total. The first-order chi connectivity index (χ1) is 11.0. The maximum atomic E-state index is 12.5. The fraction of sp³-hybridized carbons (Fsp3) is 0.111. The second-order valence-electron chi connectivity index (χ2n) is 5.02. The molecule has 0 aliphatic heterocycles. The summed E-state index contributed by atoms with van der Waals surface area (Å²) in [6.07, 6.45) is 1.62. The van der Waals surface area contributed by atoms with Gasteiger partial charge in [0.15, 0.2) is 0 Å². The Morgan fingerprint density at radius 3 is 2.39 bits per heavy atom. The monoisotopic (exact) mass is 328 g/mol. The number of rotatable bonds is 4. The van der Waals surface area contributed by atoms with E-state index in [9.17, 15) is 9.59 Å². The molecular weight excluding hydrogens is 312 g/mol. The number of hydrogen-bond donors (Lipinski definition) is 2. The van der Waals surface area contributed by atoms with Crippen LogP contribution in [0, 0.1) is 6.92 Å². The fourth-order valence-corrected chi connectivity index (χ4v) is 2.17. The lowest BCUT2D eigenvalue weighted by atomic mass is 10.1. The van der Waals surface area contributed by atoms with Crippen molar-refractivity contribution >= 4 is 35.2 Å². The van der Waals surface area contributed by atoms with Gasteiger partial charge in [-0.3, -0.25) is 9.59 Å². The van der Waals surface area contributed by atoms with Gasteiger partial charge < -0.3 is 10.6 Å². The summed E-state index contributed by atoms with van der Waals surface area (Å²) >= 11 is 6.06. The van der Waals surface area contributed by atoms with Crippen molar-refractivity contribution in [3.8, 4) is 0 Å². The van der Waals surface area contributed by atoms with E-state index >= 15 is 0 Å². The molecule has 0 saturated carbocycles. The van der Waals surface area contributed by atoms with Crippen LogP contribution in [0.25, 0.3) is 6.08 Å². The van der Waals surface area contributed by atoms with Gasteiger partial charge in [-0.05, 0) is 36.3 Å². The summed E-state index contributed by atoms with van der Waals surface area (Å²) in [5.74, 6) is -0.723.